The number of amides is 1. The summed E-state index contributed by atoms with van der Waals surface area (Å²) < 4.78 is 5.10. The lowest BCUT2D eigenvalue weighted by Gasteiger charge is -2.19. The first-order valence-corrected chi connectivity index (χ1v) is 7.78. The number of oxime groups is 1. The van der Waals surface area contributed by atoms with Gasteiger partial charge in [-0.15, -0.1) is 0 Å². The molecule has 0 saturated heterocycles. The van der Waals surface area contributed by atoms with E-state index >= 15 is 0 Å². The summed E-state index contributed by atoms with van der Waals surface area (Å²) >= 11 is 0. The van der Waals surface area contributed by atoms with Gasteiger partial charge in [-0.05, 0) is 26.3 Å². The van der Waals surface area contributed by atoms with Crippen molar-refractivity contribution in [3.63, 3.8) is 0 Å². The van der Waals surface area contributed by atoms with E-state index in [0.717, 1.165) is 5.56 Å². The van der Waals surface area contributed by atoms with Gasteiger partial charge in [0.1, 0.15) is 17.5 Å². The molecular weight excluding hydrogens is 326 g/mol. The van der Waals surface area contributed by atoms with Crippen LogP contribution in [0.25, 0.3) is 0 Å². The number of carboxylic acids is 1. The fourth-order valence-corrected chi connectivity index (χ4v) is 2.21. The maximum absolute atomic E-state index is 11.7. The lowest BCUT2D eigenvalue weighted by Crippen LogP contribution is -2.36. The van der Waals surface area contributed by atoms with Gasteiger partial charge in [0, 0.05) is 12.0 Å². The van der Waals surface area contributed by atoms with Gasteiger partial charge in [-0.25, -0.2) is 4.79 Å². The van der Waals surface area contributed by atoms with E-state index < -0.39 is 23.8 Å². The number of rotatable bonds is 4. The highest BCUT2D eigenvalue weighted by atomic mass is 16.6. The van der Waals surface area contributed by atoms with Crippen LogP contribution in [0.4, 0.5) is 4.79 Å². The number of carbonyl (C=O) groups is 2. The highest BCUT2D eigenvalue weighted by Gasteiger charge is 2.24. The second kappa shape index (κ2) is 7.33. The molecule has 25 heavy (non-hydrogen) atoms. The van der Waals surface area contributed by atoms with E-state index in [1.54, 1.807) is 45.0 Å². The van der Waals surface area contributed by atoms with Gasteiger partial charge in [0.25, 0.3) is 0 Å². The van der Waals surface area contributed by atoms with E-state index in [4.69, 9.17) is 20.1 Å². The molecule has 2 rings (SSSR count). The van der Waals surface area contributed by atoms with Crippen LogP contribution in [0.3, 0.4) is 0 Å². The standard InChI is InChI=1S/C17H21N3O5/c1-17(2,3)24-16(23)19-15(18)11-6-4-10(5-7-11)13-8-12(25-20-13)9-14(21)22/h4-7,12H,8-9H2,1-3H3,(H,21,22)(H2,18,19,23). The fraction of sp³-hybridized carbons (Fsp3) is 0.412. The molecule has 0 aliphatic carbocycles. The number of nitrogens with one attached hydrogen (secondary N) is 2. The van der Waals surface area contributed by atoms with Crippen LogP contribution >= 0.6 is 0 Å². The zero-order valence-corrected chi connectivity index (χ0v) is 14.3. The molecule has 1 aromatic carbocycles. The molecule has 3 N–H and O–H groups in total. The van der Waals surface area contributed by atoms with Crippen LogP contribution in [0.1, 0.15) is 44.7 Å². The number of benzene rings is 1. The topological polar surface area (TPSA) is 121 Å². The molecular formula is C17H21N3O5. The Labute approximate surface area is 145 Å². The Kier molecular flexibility index (Phi) is 5.41. The van der Waals surface area contributed by atoms with Gasteiger partial charge in [0.15, 0.2) is 0 Å². The Hall–Kier alpha value is -2.90. The normalized spacial score (nSPS) is 16.6. The van der Waals surface area contributed by atoms with Crippen molar-refractivity contribution in [3.8, 4) is 0 Å². The van der Waals surface area contributed by atoms with Crippen LogP contribution < -0.4 is 5.32 Å². The van der Waals surface area contributed by atoms with E-state index in [9.17, 15) is 9.59 Å². The molecule has 1 atom stereocenters. The maximum Gasteiger partial charge on any atom is 0.413 e. The summed E-state index contributed by atoms with van der Waals surface area (Å²) in [7, 11) is 0. The summed E-state index contributed by atoms with van der Waals surface area (Å²) in [5, 5.41) is 23.0. The number of carbonyl (C=O) groups excluding carboxylic acids is 1. The number of ether oxygens (including phenoxy) is 1. The van der Waals surface area contributed by atoms with Crippen molar-refractivity contribution in [2.45, 2.75) is 45.3 Å². The van der Waals surface area contributed by atoms with Gasteiger partial charge < -0.3 is 14.7 Å². The van der Waals surface area contributed by atoms with Crippen molar-refractivity contribution in [2.24, 2.45) is 5.16 Å². The molecule has 1 aromatic rings. The lowest BCUT2D eigenvalue weighted by atomic mass is 10.0. The molecule has 8 heteroatoms. The molecule has 0 bridgehead atoms. The second-order valence-electron chi connectivity index (χ2n) is 6.65. The molecule has 0 aromatic heterocycles. The smallest absolute Gasteiger partial charge is 0.413 e. The third-order valence-corrected chi connectivity index (χ3v) is 3.27. The summed E-state index contributed by atoms with van der Waals surface area (Å²) in [5.74, 6) is -1.01. The van der Waals surface area contributed by atoms with E-state index in [1.165, 1.54) is 0 Å². The van der Waals surface area contributed by atoms with Crippen molar-refractivity contribution in [1.82, 2.24) is 5.32 Å². The Morgan fingerprint density at radius 1 is 1.36 bits per heavy atom. The van der Waals surface area contributed by atoms with Crippen LogP contribution in [-0.4, -0.2) is 40.4 Å². The number of amidine groups is 1. The molecule has 0 fully saturated rings. The molecule has 0 radical (unpaired) electrons. The minimum absolute atomic E-state index is 0.0748. The summed E-state index contributed by atoms with van der Waals surface area (Å²) in [6, 6.07) is 6.82. The van der Waals surface area contributed by atoms with E-state index in [0.29, 0.717) is 17.7 Å². The fourth-order valence-electron chi connectivity index (χ4n) is 2.21. The Bertz CT molecular complexity index is 704. The third-order valence-electron chi connectivity index (χ3n) is 3.27. The minimum Gasteiger partial charge on any atom is -0.481 e. The Morgan fingerprint density at radius 2 is 2.00 bits per heavy atom. The SMILES string of the molecule is CC(C)(C)OC(=O)NC(=N)c1ccc(C2=NOC(CC(=O)O)C2)cc1. The predicted molar refractivity (Wildman–Crippen MR) is 90.9 cm³/mol. The van der Waals surface area contributed by atoms with Crippen molar-refractivity contribution in [1.29, 1.82) is 5.41 Å². The number of alkyl carbamates (subject to hydrolysis) is 1. The van der Waals surface area contributed by atoms with Gasteiger partial charge in [0.2, 0.25) is 0 Å². The van der Waals surface area contributed by atoms with Gasteiger partial charge >= 0.3 is 12.1 Å². The quantitative estimate of drug-likeness (QED) is 0.571. The average Bonchev–Trinajstić information content (AvgIpc) is 2.93. The van der Waals surface area contributed by atoms with Gasteiger partial charge in [-0.3, -0.25) is 15.5 Å². The third kappa shape index (κ3) is 5.59. The van der Waals surface area contributed by atoms with Gasteiger partial charge in [-0.1, -0.05) is 29.4 Å². The highest BCUT2D eigenvalue weighted by molar-refractivity contribution is 6.06. The minimum atomic E-state index is -0.932. The first kappa shape index (κ1) is 18.4. The van der Waals surface area contributed by atoms with Crippen LogP contribution in [0, 0.1) is 5.41 Å². The van der Waals surface area contributed by atoms with Gasteiger partial charge in [0.05, 0.1) is 12.1 Å². The molecule has 134 valence electrons. The first-order chi connectivity index (χ1) is 11.6. The summed E-state index contributed by atoms with van der Waals surface area (Å²) in [5.41, 5.74) is 1.31. The molecule has 0 spiro atoms. The monoisotopic (exact) mass is 347 g/mol. The summed E-state index contributed by atoms with van der Waals surface area (Å²) in [4.78, 5) is 27.5. The predicted octanol–water partition coefficient (Wildman–Crippen LogP) is 2.50. The summed E-state index contributed by atoms with van der Waals surface area (Å²) in [6.07, 6.45) is -0.833. The number of nitrogens with zero attached hydrogens (tertiary/aromatic N) is 1. The van der Waals surface area contributed by atoms with Crippen molar-refractivity contribution < 1.29 is 24.3 Å². The number of aliphatic carboxylic acids is 1. The molecule has 1 unspecified atom stereocenters. The van der Waals surface area contributed by atoms with E-state index in [1.807, 2.05) is 0 Å². The van der Waals surface area contributed by atoms with E-state index in [2.05, 4.69) is 10.5 Å². The average molecular weight is 347 g/mol. The van der Waals surface area contributed by atoms with Crippen LogP contribution in [0.5, 0.6) is 0 Å². The van der Waals surface area contributed by atoms with Crippen LogP contribution in [0.2, 0.25) is 0 Å². The molecule has 1 heterocycles. The zero-order chi connectivity index (χ0) is 18.6. The molecule has 0 saturated carbocycles. The molecule has 8 nitrogen and oxygen atoms in total. The van der Waals surface area contributed by atoms with Crippen molar-refractivity contribution in [2.75, 3.05) is 0 Å². The largest absolute Gasteiger partial charge is 0.481 e. The van der Waals surface area contributed by atoms with Crippen molar-refractivity contribution in [3.05, 3.63) is 35.4 Å². The second-order valence-corrected chi connectivity index (χ2v) is 6.65. The molecule has 1 amide bonds. The maximum atomic E-state index is 11.7. The summed E-state index contributed by atoms with van der Waals surface area (Å²) in [6.45, 7) is 5.23. The number of carboxylic acid groups (broad SMARTS) is 1. The van der Waals surface area contributed by atoms with Crippen LogP contribution in [0.15, 0.2) is 29.4 Å². The highest BCUT2D eigenvalue weighted by Crippen LogP contribution is 2.19. The Morgan fingerprint density at radius 3 is 2.56 bits per heavy atom. The molecule has 1 aliphatic rings. The van der Waals surface area contributed by atoms with Crippen LogP contribution in [-0.2, 0) is 14.4 Å². The Balaban J connectivity index is 1.95. The molecule has 1 aliphatic heterocycles. The number of hydrogen-bond acceptors (Lipinski definition) is 6. The van der Waals surface area contributed by atoms with E-state index in [-0.39, 0.29) is 12.3 Å². The zero-order valence-electron chi connectivity index (χ0n) is 14.3. The van der Waals surface area contributed by atoms with Gasteiger partial charge in [-0.2, -0.15) is 0 Å². The number of hydrogen-bond donors (Lipinski definition) is 3. The first-order valence-electron chi connectivity index (χ1n) is 7.78. The van der Waals surface area contributed by atoms with Crippen molar-refractivity contribution >= 4 is 23.6 Å². The lowest BCUT2D eigenvalue weighted by molar-refractivity contribution is -0.139.